The predicted molar refractivity (Wildman–Crippen MR) is 114 cm³/mol. The van der Waals surface area contributed by atoms with E-state index in [4.69, 9.17) is 9.47 Å². The number of nitro groups is 1. The maximum absolute atomic E-state index is 12.6. The molecule has 2 aromatic rings. The minimum atomic E-state index is -4.73. The largest absolute Gasteiger partial charge is 0.573 e. The molecule has 190 valence electrons. The lowest BCUT2D eigenvalue weighted by Crippen LogP contribution is -2.45. The molecule has 1 fully saturated rings. The van der Waals surface area contributed by atoms with Crippen LogP contribution in [-0.4, -0.2) is 64.0 Å². The van der Waals surface area contributed by atoms with Crippen LogP contribution in [0, 0.1) is 10.1 Å². The van der Waals surface area contributed by atoms with Gasteiger partial charge in [-0.2, -0.15) is 0 Å². The number of carbonyl (C=O) groups excluding carboxylic acids is 1. The minimum Gasteiger partial charge on any atom is -0.446 e. The molecule has 1 aromatic heterocycles. The normalized spacial score (nSPS) is 19.0. The quantitative estimate of drug-likeness (QED) is 0.435. The average molecular weight is 499 g/mol. The van der Waals surface area contributed by atoms with E-state index < -0.39 is 17.5 Å². The number of nitrogens with zero attached hydrogens (tertiary/aromatic N) is 4. The summed E-state index contributed by atoms with van der Waals surface area (Å²) in [4.78, 5) is 28.7. The molecule has 0 saturated carbocycles. The molecule has 1 saturated heterocycles. The Kier molecular flexibility index (Phi) is 7.40. The minimum absolute atomic E-state index is 0.0232. The zero-order chi connectivity index (χ0) is 25.0. The maximum atomic E-state index is 12.6. The van der Waals surface area contributed by atoms with E-state index in [1.807, 2.05) is 4.90 Å². The molecule has 11 nitrogen and oxygen atoms in total. The maximum Gasteiger partial charge on any atom is 0.573 e. The topological polar surface area (TPSA) is 121 Å². The van der Waals surface area contributed by atoms with Crippen molar-refractivity contribution in [1.82, 2.24) is 19.8 Å². The number of imidazole rings is 1. The van der Waals surface area contributed by atoms with Crippen LogP contribution in [0.4, 0.5) is 19.0 Å². The number of nitrogens with one attached hydrogen (secondary N) is 1. The number of carbonyl (C=O) groups is 1. The van der Waals surface area contributed by atoms with E-state index in [-0.39, 0.29) is 42.7 Å². The Morgan fingerprint density at radius 3 is 2.60 bits per heavy atom. The fourth-order valence-corrected chi connectivity index (χ4v) is 3.99. The van der Waals surface area contributed by atoms with Crippen molar-refractivity contribution in [3.8, 4) is 11.8 Å². The molecule has 4 rings (SSSR count). The first-order chi connectivity index (χ1) is 16.7. The summed E-state index contributed by atoms with van der Waals surface area (Å²) in [5.41, 5.74) is 0.733. The van der Waals surface area contributed by atoms with Crippen molar-refractivity contribution >= 4 is 11.7 Å². The number of benzene rings is 1. The van der Waals surface area contributed by atoms with Crippen molar-refractivity contribution in [1.29, 1.82) is 0 Å². The number of fused-ring (bicyclic) bond motifs is 1. The number of amides is 1. The van der Waals surface area contributed by atoms with Gasteiger partial charge in [-0.05, 0) is 35.5 Å². The van der Waals surface area contributed by atoms with Crippen LogP contribution in [0.3, 0.4) is 0 Å². The third-order valence-corrected chi connectivity index (χ3v) is 5.70. The smallest absolute Gasteiger partial charge is 0.446 e. The molecular formula is C21H24F3N5O6. The zero-order valence-corrected chi connectivity index (χ0v) is 18.6. The van der Waals surface area contributed by atoms with Gasteiger partial charge < -0.3 is 29.6 Å². The molecule has 0 spiro atoms. The summed E-state index contributed by atoms with van der Waals surface area (Å²) < 4.78 is 53.2. The molecule has 0 unspecified atom stereocenters. The number of rotatable bonds is 8. The second kappa shape index (κ2) is 10.5. The summed E-state index contributed by atoms with van der Waals surface area (Å²) in [5.74, 6) is -0.829. The van der Waals surface area contributed by atoms with Crippen LogP contribution in [0.15, 0.2) is 30.5 Å². The van der Waals surface area contributed by atoms with E-state index in [1.165, 1.54) is 35.0 Å². The number of halogens is 3. The third-order valence-electron chi connectivity index (χ3n) is 5.70. The molecule has 0 bridgehead atoms. The molecule has 2 aliphatic rings. The van der Waals surface area contributed by atoms with E-state index in [1.54, 1.807) is 0 Å². The van der Waals surface area contributed by atoms with E-state index in [0.29, 0.717) is 39.0 Å². The summed E-state index contributed by atoms with van der Waals surface area (Å²) in [6.45, 7) is 2.02. The van der Waals surface area contributed by atoms with Gasteiger partial charge in [-0.15, -0.1) is 13.2 Å². The number of ether oxygens (including phenoxy) is 3. The summed E-state index contributed by atoms with van der Waals surface area (Å²) in [7, 11) is 0. The molecule has 2 aliphatic heterocycles. The molecule has 14 heteroatoms. The number of piperidine rings is 1. The Hall–Kier alpha value is -3.39. The fraction of sp³-hybridized carbons (Fsp3) is 0.524. The Bertz CT molecular complexity index is 1040. The first-order valence-corrected chi connectivity index (χ1v) is 11.0. The van der Waals surface area contributed by atoms with Gasteiger partial charge in [0.1, 0.15) is 18.1 Å². The number of hydrogen-bond donors (Lipinski definition) is 1. The number of alkyl halides is 3. The first kappa shape index (κ1) is 24.7. The summed E-state index contributed by atoms with van der Waals surface area (Å²) in [5, 5.41) is 13.8. The van der Waals surface area contributed by atoms with Crippen molar-refractivity contribution < 1.29 is 37.1 Å². The fourth-order valence-electron chi connectivity index (χ4n) is 3.99. The Labute approximate surface area is 197 Å². The van der Waals surface area contributed by atoms with Gasteiger partial charge in [0, 0.05) is 24.5 Å². The van der Waals surface area contributed by atoms with Crippen molar-refractivity contribution in [3.63, 3.8) is 0 Å². The van der Waals surface area contributed by atoms with E-state index in [0.717, 1.165) is 5.56 Å². The van der Waals surface area contributed by atoms with Crippen molar-refractivity contribution in [3.05, 3.63) is 46.1 Å². The molecule has 1 N–H and O–H groups in total. The van der Waals surface area contributed by atoms with Gasteiger partial charge in [0.2, 0.25) is 5.91 Å². The molecule has 1 amide bonds. The van der Waals surface area contributed by atoms with Crippen molar-refractivity contribution in [2.24, 2.45) is 0 Å². The molecule has 35 heavy (non-hydrogen) atoms. The van der Waals surface area contributed by atoms with Gasteiger partial charge in [0.05, 0.1) is 25.9 Å². The molecular weight excluding hydrogens is 475 g/mol. The zero-order valence-electron chi connectivity index (χ0n) is 18.6. The SMILES string of the molecule is O=C(CN1CCC(OCc2ccc(OC(F)(F)F)cc2)CC1)N[C@@H]1CCOc2nc([N+](=O)[O-])cn21. The number of likely N-dealkylation sites (tertiary alicyclic amines) is 1. The molecule has 1 aromatic carbocycles. The molecule has 0 aliphatic carbocycles. The monoisotopic (exact) mass is 499 g/mol. The Balaban J connectivity index is 1.19. The van der Waals surface area contributed by atoms with Gasteiger partial charge in [-0.25, -0.2) is 0 Å². The highest BCUT2D eigenvalue weighted by Crippen LogP contribution is 2.27. The second-order valence-corrected chi connectivity index (χ2v) is 8.24. The highest BCUT2D eigenvalue weighted by molar-refractivity contribution is 5.78. The average Bonchev–Trinajstić information content (AvgIpc) is 3.25. The standard InChI is InChI=1S/C21H24F3N5O6/c22-21(23,24)35-16-3-1-14(2-4-16)13-34-15-5-8-27(9-6-15)12-19(30)25-17-7-10-33-20-26-18(29(31)32)11-28(17)20/h1-4,11,15,17H,5-10,12-13H2,(H,25,30)/t17-/m0/s1. The molecule has 0 radical (unpaired) electrons. The van der Waals surface area contributed by atoms with Crippen molar-refractivity contribution in [2.75, 3.05) is 26.2 Å². The summed E-state index contributed by atoms with van der Waals surface area (Å²) >= 11 is 0. The van der Waals surface area contributed by atoms with Gasteiger partial charge in [-0.3, -0.25) is 14.3 Å². The highest BCUT2D eigenvalue weighted by atomic mass is 19.4. The predicted octanol–water partition coefficient (Wildman–Crippen LogP) is 2.77. The van der Waals surface area contributed by atoms with E-state index in [2.05, 4.69) is 15.0 Å². The van der Waals surface area contributed by atoms with E-state index >= 15 is 0 Å². The molecule has 3 heterocycles. The Morgan fingerprint density at radius 2 is 1.94 bits per heavy atom. The lowest BCUT2D eigenvalue weighted by atomic mass is 10.1. The second-order valence-electron chi connectivity index (χ2n) is 8.24. The van der Waals surface area contributed by atoms with Gasteiger partial charge in [-0.1, -0.05) is 12.1 Å². The Morgan fingerprint density at radius 1 is 1.23 bits per heavy atom. The van der Waals surface area contributed by atoms with E-state index in [9.17, 15) is 28.1 Å². The van der Waals surface area contributed by atoms with Gasteiger partial charge >= 0.3 is 18.2 Å². The van der Waals surface area contributed by atoms with Crippen LogP contribution in [0.2, 0.25) is 0 Å². The van der Waals surface area contributed by atoms with Gasteiger partial charge in [0.25, 0.3) is 0 Å². The van der Waals surface area contributed by atoms with Gasteiger partial charge in [0.15, 0.2) is 0 Å². The van der Waals surface area contributed by atoms with Crippen LogP contribution in [-0.2, 0) is 16.1 Å². The highest BCUT2D eigenvalue weighted by Gasteiger charge is 2.32. The van der Waals surface area contributed by atoms with Crippen LogP contribution < -0.4 is 14.8 Å². The van der Waals surface area contributed by atoms with Crippen LogP contribution in [0.25, 0.3) is 0 Å². The van der Waals surface area contributed by atoms with Crippen LogP contribution in [0.1, 0.15) is 31.0 Å². The summed E-state index contributed by atoms with van der Waals surface area (Å²) in [6, 6.07) is 5.65. The first-order valence-electron chi connectivity index (χ1n) is 11.0. The number of hydrogen-bond acceptors (Lipinski definition) is 8. The lowest BCUT2D eigenvalue weighted by molar-refractivity contribution is -0.389. The van der Waals surface area contributed by atoms with Crippen LogP contribution >= 0.6 is 0 Å². The number of aromatic nitrogens is 2. The summed E-state index contributed by atoms with van der Waals surface area (Å²) in [6.07, 6.45) is -2.09. The van der Waals surface area contributed by atoms with Crippen molar-refractivity contribution in [2.45, 2.75) is 44.5 Å². The third kappa shape index (κ3) is 6.82. The van der Waals surface area contributed by atoms with Crippen LogP contribution in [0.5, 0.6) is 11.8 Å². The molecule has 1 atom stereocenters. The lowest BCUT2D eigenvalue weighted by Gasteiger charge is -2.32.